The number of carboxylic acids is 2. The van der Waals surface area contributed by atoms with Gasteiger partial charge in [0.15, 0.2) is 36.9 Å². The molecule has 14 heteroatoms. The summed E-state index contributed by atoms with van der Waals surface area (Å²) in [5.41, 5.74) is 0. The second kappa shape index (κ2) is 21.6. The summed E-state index contributed by atoms with van der Waals surface area (Å²) in [5.74, 6) is -1.84. The fraction of sp³-hybridized carbons (Fsp3) is 0.850. The summed E-state index contributed by atoms with van der Waals surface area (Å²) in [6.07, 6.45) is -0.423. The summed E-state index contributed by atoms with van der Waals surface area (Å²) < 4.78 is 30.2. The number of ketones is 1. The van der Waals surface area contributed by atoms with Crippen LogP contribution in [0.5, 0.6) is 0 Å². The van der Waals surface area contributed by atoms with Crippen molar-refractivity contribution in [1.29, 1.82) is 0 Å². The van der Waals surface area contributed by atoms with Crippen LogP contribution in [0.25, 0.3) is 0 Å². The molecule has 0 spiro atoms. The molecule has 6 atom stereocenters. The zero-order chi connectivity index (χ0) is 25.4. The molecule has 0 aromatic rings. The minimum absolute atomic E-state index is 0. The van der Waals surface area contributed by atoms with Crippen LogP contribution in [-0.4, -0.2) is 84.9 Å². The summed E-state index contributed by atoms with van der Waals surface area (Å²) in [7, 11) is 0. The van der Waals surface area contributed by atoms with Gasteiger partial charge in [0.1, 0.15) is 6.10 Å². The zero-order valence-corrected chi connectivity index (χ0v) is 25.4. The molecule has 34 heavy (non-hydrogen) atoms. The number of rotatable bonds is 6. The van der Waals surface area contributed by atoms with Crippen LogP contribution >= 0.6 is 37.2 Å². The van der Waals surface area contributed by atoms with E-state index in [1.165, 1.54) is 6.92 Å². The topological polar surface area (TPSA) is 147 Å². The van der Waals surface area contributed by atoms with Gasteiger partial charge in [-0.25, -0.2) is 9.59 Å². The number of hydrogen-bond donors (Lipinski definition) is 2. The Balaban J connectivity index is 0. The van der Waals surface area contributed by atoms with Crippen LogP contribution in [0.4, 0.5) is 0 Å². The van der Waals surface area contributed by atoms with E-state index in [9.17, 15) is 14.4 Å². The van der Waals surface area contributed by atoms with Crippen molar-refractivity contribution in [3.05, 3.63) is 0 Å². The van der Waals surface area contributed by atoms with E-state index in [0.717, 1.165) is 6.42 Å². The number of carbonyl (C=O) groups excluding carboxylic acids is 1. The molecule has 0 bridgehead atoms. The van der Waals surface area contributed by atoms with Crippen LogP contribution in [0.1, 0.15) is 54.4 Å². The van der Waals surface area contributed by atoms with Crippen LogP contribution in [0.3, 0.4) is 0 Å². The summed E-state index contributed by atoms with van der Waals surface area (Å²) >= 11 is 5.30. The van der Waals surface area contributed by atoms with Gasteiger partial charge in [-0.3, -0.25) is 4.79 Å². The zero-order valence-electron chi connectivity index (χ0n) is 18.9. The third-order valence-electron chi connectivity index (χ3n) is 4.25. The maximum absolute atomic E-state index is 10.7. The van der Waals surface area contributed by atoms with Crippen molar-refractivity contribution in [2.75, 3.05) is 19.8 Å². The molecule has 2 N–H and O–H groups in total. The van der Waals surface area contributed by atoms with Gasteiger partial charge < -0.3 is 38.6 Å². The Morgan fingerprint density at radius 1 is 0.735 bits per heavy atom. The second-order valence-electron chi connectivity index (χ2n) is 6.73. The molecule has 3 aliphatic heterocycles. The first-order chi connectivity index (χ1) is 15.6. The molecule has 0 aromatic carbocycles. The van der Waals surface area contributed by atoms with Crippen LogP contribution in [0, 0.1) is 0 Å². The standard InChI is InChI=1S/C7H12O3.2C6H10O4.CH4.I3/c1-3-7-9-4-6(10-7)5(2)8;2*1-2-5-9-3-4(10-5)6(7)8;;1-3-2/h6-7H,3-4H2,1-2H3;2*4-5H,2-3H2,1H3,(H,7,8);1H4;/q;;;;-1/t6-,7?;4-,5+;4-,5-;;/m111../s1. The van der Waals surface area contributed by atoms with E-state index in [1.807, 2.05) is 20.8 Å². The SMILES string of the molecule is C.CCC1OC[C@H](C(C)=O)O1.CC[C@@H]1OC[C@H](C(=O)O)O1.CC[C@H]1OC[C@H](C(=O)O)O1.I[I-]I. The summed E-state index contributed by atoms with van der Waals surface area (Å²) in [6, 6.07) is 0. The third kappa shape index (κ3) is 15.6. The van der Waals surface area contributed by atoms with E-state index in [-0.39, 0.29) is 51.4 Å². The fourth-order valence-electron chi connectivity index (χ4n) is 2.48. The number of ether oxygens (including phenoxy) is 6. The summed E-state index contributed by atoms with van der Waals surface area (Å²) in [6.45, 7) is 8.03. The Hall–Kier alpha value is 0.560. The van der Waals surface area contributed by atoms with E-state index in [2.05, 4.69) is 37.2 Å². The molecule has 11 nitrogen and oxygen atoms in total. The predicted molar refractivity (Wildman–Crippen MR) is 135 cm³/mol. The Morgan fingerprint density at radius 2 is 1.00 bits per heavy atom. The first-order valence-corrected chi connectivity index (χ1v) is 22.8. The molecule has 3 rings (SSSR count). The normalized spacial score (nSPS) is 29.4. The van der Waals surface area contributed by atoms with Gasteiger partial charge in [0.2, 0.25) is 0 Å². The van der Waals surface area contributed by atoms with Gasteiger partial charge in [0.25, 0.3) is 0 Å². The van der Waals surface area contributed by atoms with Crippen molar-refractivity contribution in [1.82, 2.24) is 0 Å². The Labute approximate surface area is 230 Å². The fourth-order valence-corrected chi connectivity index (χ4v) is 2.48. The maximum atomic E-state index is 10.7. The van der Waals surface area contributed by atoms with Crippen LogP contribution < -0.4 is 13.3 Å². The van der Waals surface area contributed by atoms with Crippen molar-refractivity contribution in [3.8, 4) is 0 Å². The van der Waals surface area contributed by atoms with Gasteiger partial charge in [-0.2, -0.15) is 0 Å². The van der Waals surface area contributed by atoms with E-state index < -0.39 is 24.1 Å². The predicted octanol–water partition coefficient (Wildman–Crippen LogP) is 0.583. The van der Waals surface area contributed by atoms with E-state index in [0.29, 0.717) is 32.7 Å². The molecule has 0 radical (unpaired) electrons. The number of carboxylic acid groups (broad SMARTS) is 2. The van der Waals surface area contributed by atoms with E-state index in [4.69, 9.17) is 38.6 Å². The van der Waals surface area contributed by atoms with Crippen molar-refractivity contribution in [2.24, 2.45) is 0 Å². The van der Waals surface area contributed by atoms with Gasteiger partial charge in [-0.1, -0.05) is 28.2 Å². The molecule has 0 saturated carbocycles. The molecule has 0 amide bonds. The minimum atomic E-state index is -0.948. The second-order valence-corrected chi connectivity index (χ2v) is 23.0. The number of carbonyl (C=O) groups is 3. The summed E-state index contributed by atoms with van der Waals surface area (Å²) in [5, 5.41) is 16.8. The van der Waals surface area contributed by atoms with Crippen LogP contribution in [0.15, 0.2) is 0 Å². The number of halogens is 3. The van der Waals surface area contributed by atoms with Gasteiger partial charge in [0, 0.05) is 0 Å². The summed E-state index contributed by atoms with van der Waals surface area (Å²) in [4.78, 5) is 31.2. The van der Waals surface area contributed by atoms with E-state index in [1.54, 1.807) is 0 Å². The van der Waals surface area contributed by atoms with Gasteiger partial charge in [0.05, 0.1) is 19.8 Å². The van der Waals surface area contributed by atoms with Crippen LogP contribution in [-0.2, 0) is 42.8 Å². The molecule has 0 aliphatic carbocycles. The first-order valence-electron chi connectivity index (χ1n) is 10.3. The van der Waals surface area contributed by atoms with Gasteiger partial charge >= 0.3 is 62.4 Å². The Kier molecular flexibility index (Phi) is 23.4. The first kappa shape index (κ1) is 36.7. The molecule has 1 unspecified atom stereocenters. The molecule has 0 aromatic heterocycles. The van der Waals surface area contributed by atoms with E-state index >= 15 is 0 Å². The van der Waals surface area contributed by atoms with Crippen molar-refractivity contribution >= 4 is 55.0 Å². The average molecular weight is 833 g/mol. The van der Waals surface area contributed by atoms with Gasteiger partial charge in [-0.05, 0) is 26.2 Å². The Morgan fingerprint density at radius 3 is 1.15 bits per heavy atom. The monoisotopic (exact) mass is 833 g/mol. The molecule has 3 heterocycles. The number of aliphatic carboxylic acids is 2. The van der Waals surface area contributed by atoms with Gasteiger partial charge in [-0.15, -0.1) is 0 Å². The number of Topliss-reactive ketones (excluding diaryl/α,β-unsaturated/α-hetero) is 1. The molecule has 3 fully saturated rings. The quantitative estimate of drug-likeness (QED) is 0.363. The molecule has 3 aliphatic rings. The molecular weight excluding hydrogens is 797 g/mol. The van der Waals surface area contributed by atoms with Crippen molar-refractivity contribution in [3.63, 3.8) is 0 Å². The van der Waals surface area contributed by atoms with Crippen LogP contribution in [0.2, 0.25) is 0 Å². The molecule has 204 valence electrons. The average Bonchev–Trinajstić information content (AvgIpc) is 3.55. The number of hydrogen-bond acceptors (Lipinski definition) is 9. The Bertz CT molecular complexity index is 506. The molecular formula is C20H36I3O11-. The molecule has 3 saturated heterocycles. The van der Waals surface area contributed by atoms with Crippen molar-refractivity contribution in [2.45, 2.75) is 91.6 Å². The van der Waals surface area contributed by atoms with Crippen molar-refractivity contribution < 1.29 is 66.3 Å². The third-order valence-corrected chi connectivity index (χ3v) is 4.25.